The summed E-state index contributed by atoms with van der Waals surface area (Å²) < 4.78 is 25.4. The summed E-state index contributed by atoms with van der Waals surface area (Å²) in [7, 11) is 1.55. The van der Waals surface area contributed by atoms with E-state index in [4.69, 9.17) is 9.47 Å². The summed E-state index contributed by atoms with van der Waals surface area (Å²) in [6, 6.07) is 19.9. The van der Waals surface area contributed by atoms with Gasteiger partial charge in [-0.1, -0.05) is 57.9 Å². The fourth-order valence-corrected chi connectivity index (χ4v) is 3.23. The van der Waals surface area contributed by atoms with Gasteiger partial charge in [0.15, 0.2) is 11.5 Å². The number of halogens is 2. The maximum absolute atomic E-state index is 13.4. The van der Waals surface area contributed by atoms with Gasteiger partial charge in [-0.15, -0.1) is 0 Å². The number of rotatable bonds is 6. The number of nitrogens with zero attached hydrogens (tertiary/aromatic N) is 1. The fourth-order valence-electron chi connectivity index (χ4n) is 2.79. The third kappa shape index (κ3) is 5.24. The number of hydrogen-bond donors (Lipinski definition) is 0. The molecular weight excluding hydrogens is 433 g/mol. The monoisotopic (exact) mass is 451 g/mol. The Labute approximate surface area is 178 Å². The molecule has 0 saturated heterocycles. The van der Waals surface area contributed by atoms with Crippen molar-refractivity contribution in [2.24, 2.45) is 0 Å². The molecule has 0 bridgehead atoms. The Balaban J connectivity index is 1.89. The van der Waals surface area contributed by atoms with E-state index >= 15 is 0 Å². The fraction of sp³-hybridized carbons (Fsp3) is 0.125. The molecule has 0 radical (unpaired) electrons. The van der Waals surface area contributed by atoms with Crippen molar-refractivity contribution >= 4 is 27.6 Å². The average Bonchev–Trinajstić information content (AvgIpc) is 2.72. The van der Waals surface area contributed by atoms with Crippen LogP contribution in [-0.2, 0) is 6.61 Å². The smallest absolute Gasteiger partial charge is 0.162 e. The van der Waals surface area contributed by atoms with E-state index in [1.807, 2.05) is 31.2 Å². The van der Waals surface area contributed by atoms with Crippen molar-refractivity contribution in [1.82, 2.24) is 0 Å². The molecule has 0 fully saturated rings. The van der Waals surface area contributed by atoms with Gasteiger partial charge in [0, 0.05) is 4.47 Å². The van der Waals surface area contributed by atoms with Gasteiger partial charge in [0.2, 0.25) is 0 Å². The molecule has 3 rings (SSSR count). The van der Waals surface area contributed by atoms with Crippen molar-refractivity contribution in [1.29, 1.82) is 5.26 Å². The standard InChI is InChI=1S/C24H19BrFNO2/c1-16-6-8-18(9-7-16)20(14-27)11-19-12-23(28-2)24(13-22(19)25)29-15-17-4-3-5-21(26)10-17/h3-13H,15H2,1-2H3/b20-11-. The molecule has 0 amide bonds. The summed E-state index contributed by atoms with van der Waals surface area (Å²) >= 11 is 3.54. The number of ether oxygens (including phenoxy) is 2. The van der Waals surface area contributed by atoms with Crippen molar-refractivity contribution < 1.29 is 13.9 Å². The predicted octanol–water partition coefficient (Wildman–Crippen LogP) is 6.55. The Hall–Kier alpha value is -3.10. The summed E-state index contributed by atoms with van der Waals surface area (Å²) in [6.07, 6.45) is 1.80. The molecule has 0 unspecified atom stereocenters. The Bertz CT molecular complexity index is 1090. The highest BCUT2D eigenvalue weighted by atomic mass is 79.9. The molecule has 5 heteroatoms. The van der Waals surface area contributed by atoms with E-state index in [1.165, 1.54) is 12.1 Å². The predicted molar refractivity (Wildman–Crippen MR) is 116 cm³/mol. The zero-order chi connectivity index (χ0) is 20.8. The van der Waals surface area contributed by atoms with Crippen LogP contribution < -0.4 is 9.47 Å². The van der Waals surface area contributed by atoms with Crippen LogP contribution in [0.2, 0.25) is 0 Å². The third-order valence-corrected chi connectivity index (χ3v) is 5.04. The normalized spacial score (nSPS) is 11.1. The summed E-state index contributed by atoms with van der Waals surface area (Å²) in [5.74, 6) is 0.742. The zero-order valence-corrected chi connectivity index (χ0v) is 17.7. The molecule has 3 aromatic rings. The molecule has 0 N–H and O–H groups in total. The van der Waals surface area contributed by atoms with E-state index in [0.717, 1.165) is 26.7 Å². The highest BCUT2D eigenvalue weighted by Crippen LogP contribution is 2.36. The average molecular weight is 452 g/mol. The first-order chi connectivity index (χ1) is 14.0. The Morgan fingerprint density at radius 1 is 1.10 bits per heavy atom. The first kappa shape index (κ1) is 20.6. The molecule has 0 heterocycles. The topological polar surface area (TPSA) is 42.2 Å². The number of benzene rings is 3. The van der Waals surface area contributed by atoms with Gasteiger partial charge in [-0.25, -0.2) is 4.39 Å². The van der Waals surface area contributed by atoms with Crippen LogP contribution in [0.3, 0.4) is 0 Å². The Morgan fingerprint density at radius 3 is 2.52 bits per heavy atom. The van der Waals surface area contributed by atoms with Crippen LogP contribution in [-0.4, -0.2) is 7.11 Å². The SMILES string of the molecule is COc1cc(/C=C(/C#N)c2ccc(C)cc2)c(Br)cc1OCc1cccc(F)c1. The van der Waals surface area contributed by atoms with Crippen molar-refractivity contribution in [3.05, 3.63) is 93.2 Å². The van der Waals surface area contributed by atoms with Crippen LogP contribution in [0.15, 0.2) is 65.1 Å². The Morgan fingerprint density at radius 2 is 1.86 bits per heavy atom. The van der Waals surface area contributed by atoms with Crippen LogP contribution in [0.25, 0.3) is 11.6 Å². The van der Waals surface area contributed by atoms with Crippen molar-refractivity contribution in [3.8, 4) is 17.6 Å². The summed E-state index contributed by atoms with van der Waals surface area (Å²) in [5.41, 5.74) is 4.03. The molecular formula is C24H19BrFNO2. The van der Waals surface area contributed by atoms with E-state index in [9.17, 15) is 9.65 Å². The summed E-state index contributed by atoms with van der Waals surface area (Å²) in [6.45, 7) is 2.21. The van der Waals surface area contributed by atoms with Gasteiger partial charge in [0.25, 0.3) is 0 Å². The first-order valence-electron chi connectivity index (χ1n) is 8.94. The number of methoxy groups -OCH3 is 1. The second kappa shape index (κ2) is 9.40. The molecule has 146 valence electrons. The number of nitriles is 1. The summed E-state index contributed by atoms with van der Waals surface area (Å²) in [4.78, 5) is 0. The lowest BCUT2D eigenvalue weighted by molar-refractivity contribution is 0.284. The number of allylic oxidation sites excluding steroid dienone is 1. The quantitative estimate of drug-likeness (QED) is 0.315. The third-order valence-electron chi connectivity index (χ3n) is 4.35. The highest BCUT2D eigenvalue weighted by Gasteiger charge is 2.11. The molecule has 0 aliphatic carbocycles. The van der Waals surface area contributed by atoms with Gasteiger partial charge in [-0.05, 0) is 54.0 Å². The van der Waals surface area contributed by atoms with Gasteiger partial charge >= 0.3 is 0 Å². The van der Waals surface area contributed by atoms with Crippen LogP contribution in [0.1, 0.15) is 22.3 Å². The zero-order valence-electron chi connectivity index (χ0n) is 16.1. The van der Waals surface area contributed by atoms with Crippen LogP contribution in [0.5, 0.6) is 11.5 Å². The number of aryl methyl sites for hydroxylation is 1. The minimum absolute atomic E-state index is 0.211. The maximum atomic E-state index is 13.4. The molecule has 0 aliphatic heterocycles. The summed E-state index contributed by atoms with van der Waals surface area (Å²) in [5, 5.41) is 9.59. The van der Waals surface area contributed by atoms with E-state index < -0.39 is 0 Å². The lowest BCUT2D eigenvalue weighted by Gasteiger charge is -2.13. The van der Waals surface area contributed by atoms with Crippen LogP contribution in [0.4, 0.5) is 4.39 Å². The molecule has 3 aromatic carbocycles. The molecule has 3 nitrogen and oxygen atoms in total. The molecule has 0 aromatic heterocycles. The van der Waals surface area contributed by atoms with Crippen molar-refractivity contribution in [2.75, 3.05) is 7.11 Å². The highest BCUT2D eigenvalue weighted by molar-refractivity contribution is 9.10. The van der Waals surface area contributed by atoms with Gasteiger partial charge in [0.05, 0.1) is 18.8 Å². The van der Waals surface area contributed by atoms with Crippen LogP contribution >= 0.6 is 15.9 Å². The van der Waals surface area contributed by atoms with Crippen molar-refractivity contribution in [3.63, 3.8) is 0 Å². The molecule has 0 saturated carbocycles. The van der Waals surface area contributed by atoms with Crippen molar-refractivity contribution in [2.45, 2.75) is 13.5 Å². The second-order valence-corrected chi connectivity index (χ2v) is 7.33. The lowest BCUT2D eigenvalue weighted by Crippen LogP contribution is -1.99. The molecule has 0 aliphatic rings. The molecule has 29 heavy (non-hydrogen) atoms. The van der Waals surface area contributed by atoms with Gasteiger partial charge < -0.3 is 9.47 Å². The molecule has 0 atom stereocenters. The van der Waals surface area contributed by atoms with E-state index in [1.54, 1.807) is 37.5 Å². The van der Waals surface area contributed by atoms with E-state index in [2.05, 4.69) is 22.0 Å². The number of hydrogen-bond acceptors (Lipinski definition) is 3. The van der Waals surface area contributed by atoms with Gasteiger partial charge in [-0.3, -0.25) is 0 Å². The second-order valence-electron chi connectivity index (χ2n) is 6.48. The Kier molecular flexibility index (Phi) is 6.69. The largest absolute Gasteiger partial charge is 0.493 e. The van der Waals surface area contributed by atoms with Crippen LogP contribution in [0, 0.1) is 24.1 Å². The van der Waals surface area contributed by atoms with Gasteiger partial charge in [0.1, 0.15) is 12.4 Å². The van der Waals surface area contributed by atoms with E-state index in [0.29, 0.717) is 17.1 Å². The maximum Gasteiger partial charge on any atom is 0.162 e. The minimum Gasteiger partial charge on any atom is -0.493 e. The first-order valence-corrected chi connectivity index (χ1v) is 9.73. The van der Waals surface area contributed by atoms with E-state index in [-0.39, 0.29) is 12.4 Å². The minimum atomic E-state index is -0.306. The lowest BCUT2D eigenvalue weighted by atomic mass is 10.0. The van der Waals surface area contributed by atoms with Gasteiger partial charge in [-0.2, -0.15) is 5.26 Å². The molecule has 0 spiro atoms.